The topological polar surface area (TPSA) is 72.2 Å². The van der Waals surface area contributed by atoms with Crippen LogP contribution in [0.15, 0.2) is 18.2 Å². The predicted octanol–water partition coefficient (Wildman–Crippen LogP) is 4.89. The molecule has 0 fully saturated rings. The van der Waals surface area contributed by atoms with E-state index in [4.69, 9.17) is 17.3 Å². The molecule has 4 nitrogen and oxygen atoms in total. The van der Waals surface area contributed by atoms with Gasteiger partial charge in [-0.15, -0.1) is 22.7 Å². The van der Waals surface area contributed by atoms with E-state index in [0.717, 1.165) is 26.1 Å². The molecule has 2 amide bonds. The Morgan fingerprint density at radius 3 is 2.54 bits per heavy atom. The first-order valence-corrected chi connectivity index (χ1v) is 9.20. The summed E-state index contributed by atoms with van der Waals surface area (Å²) in [4.78, 5) is 25.7. The first-order valence-electron chi connectivity index (χ1n) is 7.19. The molecule has 3 N–H and O–H groups in total. The lowest BCUT2D eigenvalue weighted by Crippen LogP contribution is -2.17. The maximum absolute atomic E-state index is 12.7. The predicted molar refractivity (Wildman–Crippen MR) is 102 cm³/mol. The summed E-state index contributed by atoms with van der Waals surface area (Å²) >= 11 is 9.04. The van der Waals surface area contributed by atoms with Crippen LogP contribution in [0, 0.1) is 20.8 Å². The van der Waals surface area contributed by atoms with E-state index in [2.05, 4.69) is 5.32 Å². The van der Waals surface area contributed by atoms with Crippen molar-refractivity contribution < 1.29 is 9.59 Å². The zero-order chi connectivity index (χ0) is 17.6. The minimum atomic E-state index is -0.551. The lowest BCUT2D eigenvalue weighted by atomic mass is 10.1. The van der Waals surface area contributed by atoms with E-state index in [1.807, 2.05) is 39.0 Å². The Balaban J connectivity index is 2.01. The zero-order valence-electron chi connectivity index (χ0n) is 13.3. The van der Waals surface area contributed by atoms with Gasteiger partial charge in [0.25, 0.3) is 11.8 Å². The van der Waals surface area contributed by atoms with Gasteiger partial charge in [0.1, 0.15) is 9.88 Å². The van der Waals surface area contributed by atoms with E-state index in [-0.39, 0.29) is 5.91 Å². The quantitative estimate of drug-likeness (QED) is 0.680. The molecule has 0 aliphatic rings. The molecule has 0 spiro atoms. The molecule has 0 aliphatic carbocycles. The number of thiophene rings is 2. The Labute approximate surface area is 152 Å². The average Bonchev–Trinajstić information content (AvgIpc) is 2.96. The number of anilines is 1. The highest BCUT2D eigenvalue weighted by atomic mass is 35.5. The first kappa shape index (κ1) is 17.0. The van der Waals surface area contributed by atoms with Crippen molar-refractivity contribution in [2.24, 2.45) is 5.73 Å². The number of nitrogens with two attached hydrogens (primary N) is 1. The average molecular weight is 379 g/mol. The summed E-state index contributed by atoms with van der Waals surface area (Å²) in [6.07, 6.45) is 0. The van der Waals surface area contributed by atoms with Gasteiger partial charge in [0.2, 0.25) is 0 Å². The second-order valence-electron chi connectivity index (χ2n) is 5.55. The summed E-state index contributed by atoms with van der Waals surface area (Å²) < 4.78 is 0.957. The second kappa shape index (κ2) is 6.20. The first-order chi connectivity index (χ1) is 11.3. The fourth-order valence-electron chi connectivity index (χ4n) is 2.49. The van der Waals surface area contributed by atoms with Gasteiger partial charge in [-0.3, -0.25) is 9.59 Å². The fraction of sp³-hybridized carbons (Fsp3) is 0.176. The minimum Gasteiger partial charge on any atom is -0.365 e. The number of hydrogen-bond donors (Lipinski definition) is 2. The maximum Gasteiger partial charge on any atom is 0.267 e. The van der Waals surface area contributed by atoms with E-state index in [1.165, 1.54) is 22.7 Å². The van der Waals surface area contributed by atoms with Crippen LogP contribution in [0.2, 0.25) is 5.02 Å². The third-order valence-electron chi connectivity index (χ3n) is 3.85. The summed E-state index contributed by atoms with van der Waals surface area (Å²) in [6, 6.07) is 5.87. The molecule has 3 rings (SSSR count). The number of halogens is 1. The molecule has 2 heterocycles. The SMILES string of the molecule is Cc1ccc2c(Cl)c(C(=O)Nc3sc(C)c(C)c3C(N)=O)sc2c1. The third kappa shape index (κ3) is 2.81. The summed E-state index contributed by atoms with van der Waals surface area (Å²) in [6.45, 7) is 5.69. The summed E-state index contributed by atoms with van der Waals surface area (Å²) in [7, 11) is 0. The van der Waals surface area contributed by atoms with Gasteiger partial charge >= 0.3 is 0 Å². The molecule has 0 unspecified atom stereocenters. The normalized spacial score (nSPS) is 11.0. The van der Waals surface area contributed by atoms with Gasteiger partial charge in [-0.25, -0.2) is 0 Å². The number of nitrogens with one attached hydrogen (secondary N) is 1. The van der Waals surface area contributed by atoms with E-state index >= 15 is 0 Å². The van der Waals surface area contributed by atoms with Crippen molar-refractivity contribution in [3.05, 3.63) is 49.7 Å². The number of fused-ring (bicyclic) bond motifs is 1. The van der Waals surface area contributed by atoms with Crippen molar-refractivity contribution in [1.29, 1.82) is 0 Å². The molecule has 0 aliphatic heterocycles. The lowest BCUT2D eigenvalue weighted by molar-refractivity contribution is 0.100. The number of amides is 2. The Kier molecular flexibility index (Phi) is 4.38. The van der Waals surface area contributed by atoms with E-state index in [9.17, 15) is 9.59 Å². The van der Waals surface area contributed by atoms with Gasteiger partial charge in [-0.1, -0.05) is 23.7 Å². The van der Waals surface area contributed by atoms with Crippen LogP contribution in [0.5, 0.6) is 0 Å². The molecule has 1 aromatic carbocycles. The van der Waals surface area contributed by atoms with Crippen molar-refractivity contribution in [2.75, 3.05) is 5.32 Å². The van der Waals surface area contributed by atoms with Gasteiger partial charge in [0.15, 0.2) is 0 Å². The number of rotatable bonds is 3. The number of carbonyl (C=O) groups excluding carboxylic acids is 2. The molecule has 3 aromatic rings. The Morgan fingerprint density at radius 2 is 1.88 bits per heavy atom. The zero-order valence-corrected chi connectivity index (χ0v) is 15.7. The van der Waals surface area contributed by atoms with E-state index < -0.39 is 5.91 Å². The second-order valence-corrected chi connectivity index (χ2v) is 8.21. The number of primary amides is 1. The van der Waals surface area contributed by atoms with Crippen LogP contribution in [-0.2, 0) is 0 Å². The van der Waals surface area contributed by atoms with E-state index in [1.54, 1.807) is 0 Å². The van der Waals surface area contributed by atoms with Gasteiger partial charge in [0, 0.05) is 15.0 Å². The van der Waals surface area contributed by atoms with Gasteiger partial charge in [0.05, 0.1) is 10.6 Å². The third-order valence-corrected chi connectivity index (χ3v) is 6.63. The number of aryl methyl sites for hydroxylation is 2. The molecule has 0 saturated heterocycles. The van der Waals surface area contributed by atoms with Crippen LogP contribution >= 0.6 is 34.3 Å². The standard InChI is InChI=1S/C17H15ClN2O2S2/c1-7-4-5-10-11(6-7)24-14(13(10)18)16(22)20-17-12(15(19)21)8(2)9(3)23-17/h4-6H,1-3H3,(H2,19,21)(H,20,22). The van der Waals surface area contributed by atoms with Gasteiger partial charge < -0.3 is 11.1 Å². The Bertz CT molecular complexity index is 988. The molecule has 0 saturated carbocycles. The number of hydrogen-bond acceptors (Lipinski definition) is 4. The van der Waals surface area contributed by atoms with Crippen molar-refractivity contribution in [3.8, 4) is 0 Å². The van der Waals surface area contributed by atoms with Crippen LogP contribution in [0.1, 0.15) is 36.0 Å². The Hall–Kier alpha value is -1.89. The van der Waals surface area contributed by atoms with Crippen molar-refractivity contribution in [1.82, 2.24) is 0 Å². The van der Waals surface area contributed by atoms with Crippen LogP contribution < -0.4 is 11.1 Å². The molecular weight excluding hydrogens is 364 g/mol. The smallest absolute Gasteiger partial charge is 0.267 e. The lowest BCUT2D eigenvalue weighted by Gasteiger charge is -2.04. The van der Waals surface area contributed by atoms with Gasteiger partial charge in [-0.2, -0.15) is 0 Å². The molecule has 0 radical (unpaired) electrons. The molecular formula is C17H15ClN2O2S2. The molecule has 7 heteroatoms. The Morgan fingerprint density at radius 1 is 1.17 bits per heavy atom. The largest absolute Gasteiger partial charge is 0.365 e. The monoisotopic (exact) mass is 378 g/mol. The molecule has 0 atom stereocenters. The van der Waals surface area contributed by atoms with E-state index in [0.29, 0.717) is 20.5 Å². The highest BCUT2D eigenvalue weighted by Crippen LogP contribution is 2.38. The van der Waals surface area contributed by atoms with Crippen molar-refractivity contribution >= 4 is 61.2 Å². The van der Waals surface area contributed by atoms with Crippen LogP contribution in [0.25, 0.3) is 10.1 Å². The van der Waals surface area contributed by atoms with Gasteiger partial charge in [-0.05, 0) is 38.0 Å². The van der Waals surface area contributed by atoms with Crippen molar-refractivity contribution in [3.63, 3.8) is 0 Å². The molecule has 24 heavy (non-hydrogen) atoms. The minimum absolute atomic E-state index is 0.331. The maximum atomic E-state index is 12.7. The summed E-state index contributed by atoms with van der Waals surface area (Å²) in [5.74, 6) is -0.882. The highest BCUT2D eigenvalue weighted by Gasteiger charge is 2.22. The van der Waals surface area contributed by atoms with Crippen LogP contribution in [-0.4, -0.2) is 11.8 Å². The molecule has 124 valence electrons. The summed E-state index contributed by atoms with van der Waals surface area (Å²) in [5.41, 5.74) is 7.70. The fourth-order valence-corrected chi connectivity index (χ4v) is 5.06. The number of benzene rings is 1. The van der Waals surface area contributed by atoms with Crippen LogP contribution in [0.4, 0.5) is 5.00 Å². The molecule has 2 aromatic heterocycles. The highest BCUT2D eigenvalue weighted by molar-refractivity contribution is 7.22. The number of carbonyl (C=O) groups is 2. The summed E-state index contributed by atoms with van der Waals surface area (Å²) in [5, 5.41) is 4.54. The molecule has 0 bridgehead atoms. The van der Waals surface area contributed by atoms with Crippen molar-refractivity contribution in [2.45, 2.75) is 20.8 Å². The van der Waals surface area contributed by atoms with Crippen LogP contribution in [0.3, 0.4) is 0 Å².